The molecule has 1 heterocycles. The van der Waals surface area contributed by atoms with Gasteiger partial charge in [0.25, 0.3) is 0 Å². The molecule has 0 spiro atoms. The summed E-state index contributed by atoms with van der Waals surface area (Å²) in [6.07, 6.45) is 9.58. The molecule has 0 bridgehead atoms. The van der Waals surface area contributed by atoms with Gasteiger partial charge < -0.3 is 5.32 Å². The number of nitrogens with one attached hydrogen (secondary N) is 1. The van der Waals surface area contributed by atoms with Gasteiger partial charge in [0.05, 0.1) is 0 Å². The molecule has 1 nitrogen and oxygen atoms in total. The third kappa shape index (κ3) is 1.26. The molecule has 1 rings (SSSR count). The zero-order valence-corrected chi connectivity index (χ0v) is 4.59. The summed E-state index contributed by atoms with van der Waals surface area (Å²) in [6, 6.07) is 0. The predicted molar refractivity (Wildman–Crippen MR) is 34.9 cm³/mol. The van der Waals surface area contributed by atoms with Gasteiger partial charge in [-0.2, -0.15) is 0 Å². The van der Waals surface area contributed by atoms with Gasteiger partial charge >= 0.3 is 0 Å². The number of allylic oxidation sites excluding steroid dienone is 5. The van der Waals surface area contributed by atoms with E-state index in [1.807, 2.05) is 30.5 Å². The van der Waals surface area contributed by atoms with Crippen LogP contribution in [0.5, 0.6) is 0 Å². The molecular weight excluding hydrogens is 98.1 g/mol. The van der Waals surface area contributed by atoms with E-state index in [-0.39, 0.29) is 0 Å². The molecule has 0 aromatic rings. The van der Waals surface area contributed by atoms with Crippen LogP contribution in [0.25, 0.3) is 0 Å². The SMILES string of the molecule is [CH2]C1=CC=CC=CN1. The molecule has 0 saturated carbocycles. The lowest BCUT2D eigenvalue weighted by Gasteiger charge is -1.92. The van der Waals surface area contributed by atoms with Crippen LogP contribution in [0.4, 0.5) is 0 Å². The van der Waals surface area contributed by atoms with Crippen molar-refractivity contribution >= 4 is 0 Å². The van der Waals surface area contributed by atoms with E-state index in [1.165, 1.54) is 0 Å². The minimum absolute atomic E-state index is 0.926. The van der Waals surface area contributed by atoms with Crippen LogP contribution in [0.15, 0.2) is 36.2 Å². The van der Waals surface area contributed by atoms with Crippen LogP contribution in [0.2, 0.25) is 0 Å². The molecule has 0 aromatic heterocycles. The average Bonchev–Trinajstić information content (AvgIpc) is 1.94. The lowest BCUT2D eigenvalue weighted by atomic mass is 10.4. The number of hydrogen-bond donors (Lipinski definition) is 1. The van der Waals surface area contributed by atoms with Gasteiger partial charge in [0.1, 0.15) is 0 Å². The van der Waals surface area contributed by atoms with Crippen molar-refractivity contribution in [2.24, 2.45) is 0 Å². The topological polar surface area (TPSA) is 12.0 Å². The molecule has 1 aliphatic rings. The van der Waals surface area contributed by atoms with Gasteiger partial charge in [-0.05, 0) is 19.1 Å². The fraction of sp³-hybridized carbons (Fsp3) is 0. The lowest BCUT2D eigenvalue weighted by molar-refractivity contribution is 1.12. The predicted octanol–water partition coefficient (Wildman–Crippen LogP) is 1.38. The molecule has 1 N–H and O–H groups in total. The van der Waals surface area contributed by atoms with Crippen LogP contribution in [-0.2, 0) is 0 Å². The highest BCUT2D eigenvalue weighted by atomic mass is 14.8. The Kier molecular flexibility index (Phi) is 1.52. The maximum absolute atomic E-state index is 3.70. The van der Waals surface area contributed by atoms with Crippen molar-refractivity contribution in [3.8, 4) is 0 Å². The zero-order chi connectivity index (χ0) is 5.82. The van der Waals surface area contributed by atoms with Crippen molar-refractivity contribution < 1.29 is 0 Å². The van der Waals surface area contributed by atoms with Gasteiger partial charge in [-0.3, -0.25) is 0 Å². The van der Waals surface area contributed by atoms with Gasteiger partial charge in [0.15, 0.2) is 0 Å². The van der Waals surface area contributed by atoms with Crippen LogP contribution in [-0.4, -0.2) is 0 Å². The van der Waals surface area contributed by atoms with E-state index in [4.69, 9.17) is 0 Å². The summed E-state index contributed by atoms with van der Waals surface area (Å²) in [5.74, 6) is 0. The van der Waals surface area contributed by atoms with E-state index >= 15 is 0 Å². The van der Waals surface area contributed by atoms with Gasteiger partial charge in [-0.25, -0.2) is 0 Å². The quantitative estimate of drug-likeness (QED) is 0.492. The van der Waals surface area contributed by atoms with Crippen molar-refractivity contribution in [3.05, 3.63) is 43.1 Å². The van der Waals surface area contributed by atoms with Crippen molar-refractivity contribution in [1.82, 2.24) is 5.32 Å². The summed E-state index contributed by atoms with van der Waals surface area (Å²) in [6.45, 7) is 3.70. The largest absolute Gasteiger partial charge is 0.365 e. The second kappa shape index (κ2) is 2.36. The Morgan fingerprint density at radius 1 is 1.25 bits per heavy atom. The van der Waals surface area contributed by atoms with Crippen LogP contribution >= 0.6 is 0 Å². The van der Waals surface area contributed by atoms with Crippen molar-refractivity contribution in [3.63, 3.8) is 0 Å². The van der Waals surface area contributed by atoms with E-state index in [9.17, 15) is 0 Å². The Morgan fingerprint density at radius 3 is 3.00 bits per heavy atom. The van der Waals surface area contributed by atoms with Crippen molar-refractivity contribution in [2.45, 2.75) is 0 Å². The van der Waals surface area contributed by atoms with Gasteiger partial charge in [-0.15, -0.1) is 0 Å². The maximum Gasteiger partial charge on any atom is 0.0150 e. The first-order valence-corrected chi connectivity index (χ1v) is 2.51. The standard InChI is InChI=1S/C7H8N/c1-7-5-3-2-4-6-8-7/h2-6,8H,1H2. The number of hydrogen-bond acceptors (Lipinski definition) is 1. The molecule has 0 amide bonds. The Labute approximate surface area is 49.4 Å². The molecule has 8 heavy (non-hydrogen) atoms. The summed E-state index contributed by atoms with van der Waals surface area (Å²) in [5, 5.41) is 2.95. The van der Waals surface area contributed by atoms with Gasteiger partial charge in [-0.1, -0.05) is 12.2 Å². The van der Waals surface area contributed by atoms with Crippen LogP contribution in [0.3, 0.4) is 0 Å². The van der Waals surface area contributed by atoms with E-state index in [2.05, 4.69) is 12.2 Å². The molecule has 0 atom stereocenters. The summed E-state index contributed by atoms with van der Waals surface area (Å²) >= 11 is 0. The van der Waals surface area contributed by atoms with Crippen LogP contribution < -0.4 is 5.32 Å². The van der Waals surface area contributed by atoms with E-state index in [1.54, 1.807) is 0 Å². The molecule has 0 unspecified atom stereocenters. The third-order valence-corrected chi connectivity index (χ3v) is 0.885. The van der Waals surface area contributed by atoms with E-state index in [0.717, 1.165) is 5.70 Å². The summed E-state index contributed by atoms with van der Waals surface area (Å²) in [4.78, 5) is 0. The summed E-state index contributed by atoms with van der Waals surface area (Å²) in [7, 11) is 0. The minimum atomic E-state index is 0.926. The van der Waals surface area contributed by atoms with Crippen molar-refractivity contribution in [1.29, 1.82) is 0 Å². The fourth-order valence-corrected chi connectivity index (χ4v) is 0.495. The molecule has 1 heteroatoms. The Morgan fingerprint density at radius 2 is 2.12 bits per heavy atom. The Hall–Kier alpha value is -0.980. The summed E-state index contributed by atoms with van der Waals surface area (Å²) < 4.78 is 0. The van der Waals surface area contributed by atoms with Crippen molar-refractivity contribution in [2.75, 3.05) is 0 Å². The Balaban J connectivity index is 2.69. The molecule has 1 aliphatic heterocycles. The van der Waals surface area contributed by atoms with E-state index < -0.39 is 0 Å². The number of rotatable bonds is 0. The van der Waals surface area contributed by atoms with Gasteiger partial charge in [0, 0.05) is 11.9 Å². The van der Waals surface area contributed by atoms with E-state index in [0.29, 0.717) is 0 Å². The van der Waals surface area contributed by atoms with Gasteiger partial charge in [0.2, 0.25) is 0 Å². The molecular formula is C7H8N. The molecule has 0 fully saturated rings. The highest BCUT2D eigenvalue weighted by Gasteiger charge is 1.80. The summed E-state index contributed by atoms with van der Waals surface area (Å²) in [5.41, 5.74) is 0.926. The monoisotopic (exact) mass is 106 g/mol. The second-order valence-corrected chi connectivity index (χ2v) is 1.58. The molecule has 1 radical (unpaired) electrons. The van der Waals surface area contributed by atoms with Crippen LogP contribution in [0, 0.1) is 6.92 Å². The average molecular weight is 106 g/mol. The smallest absolute Gasteiger partial charge is 0.0150 e. The second-order valence-electron chi connectivity index (χ2n) is 1.58. The first kappa shape index (κ1) is 5.16. The normalized spacial score (nSPS) is 16.9. The fourth-order valence-electron chi connectivity index (χ4n) is 0.495. The molecule has 0 saturated heterocycles. The Bertz CT molecular complexity index is 152. The maximum atomic E-state index is 3.70. The first-order chi connectivity index (χ1) is 3.89. The third-order valence-electron chi connectivity index (χ3n) is 0.885. The highest BCUT2D eigenvalue weighted by molar-refractivity contribution is 5.22. The zero-order valence-electron chi connectivity index (χ0n) is 4.59. The van der Waals surface area contributed by atoms with Crippen LogP contribution in [0.1, 0.15) is 0 Å². The molecule has 41 valence electrons. The minimum Gasteiger partial charge on any atom is -0.365 e. The highest BCUT2D eigenvalue weighted by Crippen LogP contribution is 1.91. The molecule has 0 aromatic carbocycles. The lowest BCUT2D eigenvalue weighted by Crippen LogP contribution is -1.98. The molecule has 0 aliphatic carbocycles. The first-order valence-electron chi connectivity index (χ1n) is 2.51.